The van der Waals surface area contributed by atoms with Gasteiger partial charge in [-0.05, 0) is 37.8 Å². The maximum atomic E-state index is 5.80. The van der Waals surface area contributed by atoms with Crippen LogP contribution in [-0.2, 0) is 11.3 Å². The zero-order chi connectivity index (χ0) is 13.5. The molecule has 0 aromatic carbocycles. The van der Waals surface area contributed by atoms with Gasteiger partial charge in [0, 0.05) is 31.5 Å². The summed E-state index contributed by atoms with van der Waals surface area (Å²) in [6.45, 7) is 8.46. The summed E-state index contributed by atoms with van der Waals surface area (Å²) in [6, 6.07) is 4.07. The second-order valence-electron chi connectivity index (χ2n) is 5.04. The molecule has 0 amide bonds. The smallest absolute Gasteiger partial charge is 0.213 e. The van der Waals surface area contributed by atoms with Gasteiger partial charge in [-0.2, -0.15) is 0 Å². The van der Waals surface area contributed by atoms with Crippen molar-refractivity contribution in [2.75, 3.05) is 26.4 Å². The molecule has 0 bridgehead atoms. The highest BCUT2D eigenvalue weighted by Crippen LogP contribution is 2.18. The van der Waals surface area contributed by atoms with Crippen LogP contribution in [0.15, 0.2) is 12.1 Å². The number of hydrogen-bond donors (Lipinski definition) is 1. The molecule has 2 rings (SSSR count). The Morgan fingerprint density at radius 1 is 1.37 bits per heavy atom. The molecule has 4 nitrogen and oxygen atoms in total. The molecule has 1 aliphatic heterocycles. The van der Waals surface area contributed by atoms with E-state index in [0.717, 1.165) is 57.3 Å². The number of nitrogens with zero attached hydrogens (tertiary/aromatic N) is 1. The van der Waals surface area contributed by atoms with Crippen molar-refractivity contribution in [1.29, 1.82) is 0 Å². The topological polar surface area (TPSA) is 43.4 Å². The summed E-state index contributed by atoms with van der Waals surface area (Å²) in [5.41, 5.74) is 2.28. The molecule has 1 fully saturated rings. The van der Waals surface area contributed by atoms with E-state index in [0.29, 0.717) is 5.92 Å². The van der Waals surface area contributed by atoms with Crippen LogP contribution < -0.4 is 10.1 Å². The molecular weight excluding hydrogens is 240 g/mol. The fourth-order valence-corrected chi connectivity index (χ4v) is 2.21. The van der Waals surface area contributed by atoms with Gasteiger partial charge in [-0.15, -0.1) is 0 Å². The van der Waals surface area contributed by atoms with Crippen molar-refractivity contribution >= 4 is 0 Å². The molecule has 1 aliphatic rings. The van der Waals surface area contributed by atoms with Crippen LogP contribution in [0, 0.1) is 12.8 Å². The predicted molar refractivity (Wildman–Crippen MR) is 75.4 cm³/mol. The summed E-state index contributed by atoms with van der Waals surface area (Å²) in [7, 11) is 0. The zero-order valence-electron chi connectivity index (χ0n) is 11.9. The number of aryl methyl sites for hydroxylation is 1. The van der Waals surface area contributed by atoms with Crippen LogP contribution in [0.25, 0.3) is 0 Å². The van der Waals surface area contributed by atoms with E-state index >= 15 is 0 Å². The summed E-state index contributed by atoms with van der Waals surface area (Å²) in [5, 5.41) is 3.31. The fraction of sp³-hybridized carbons (Fsp3) is 0.667. The van der Waals surface area contributed by atoms with E-state index in [4.69, 9.17) is 9.47 Å². The van der Waals surface area contributed by atoms with Gasteiger partial charge in [0.1, 0.15) is 0 Å². The molecule has 0 spiro atoms. The number of rotatable bonds is 6. The fourth-order valence-electron chi connectivity index (χ4n) is 2.21. The lowest BCUT2D eigenvalue weighted by molar-refractivity contribution is 0.0490. The van der Waals surface area contributed by atoms with E-state index in [-0.39, 0.29) is 0 Å². The van der Waals surface area contributed by atoms with Crippen LogP contribution in [0.5, 0.6) is 5.88 Å². The first-order valence-corrected chi connectivity index (χ1v) is 7.17. The Bertz CT molecular complexity index is 390. The first-order valence-electron chi connectivity index (χ1n) is 7.17. The van der Waals surface area contributed by atoms with Crippen molar-refractivity contribution in [1.82, 2.24) is 10.3 Å². The van der Waals surface area contributed by atoms with Crippen LogP contribution in [0.1, 0.15) is 31.0 Å². The number of ether oxygens (including phenoxy) is 2. The third-order valence-corrected chi connectivity index (χ3v) is 3.54. The molecule has 1 N–H and O–H groups in total. The average molecular weight is 264 g/mol. The molecule has 1 saturated heterocycles. The monoisotopic (exact) mass is 264 g/mol. The maximum absolute atomic E-state index is 5.80. The molecule has 0 aliphatic carbocycles. The van der Waals surface area contributed by atoms with Crippen molar-refractivity contribution in [2.24, 2.45) is 5.92 Å². The molecule has 106 valence electrons. The summed E-state index contributed by atoms with van der Waals surface area (Å²) in [5.74, 6) is 1.35. The highest BCUT2D eigenvalue weighted by Gasteiger charge is 2.14. The van der Waals surface area contributed by atoms with Gasteiger partial charge in [0.2, 0.25) is 5.88 Å². The van der Waals surface area contributed by atoms with E-state index in [2.05, 4.69) is 23.3 Å². The lowest BCUT2D eigenvalue weighted by Crippen LogP contribution is -2.21. The van der Waals surface area contributed by atoms with Gasteiger partial charge in [-0.3, -0.25) is 0 Å². The van der Waals surface area contributed by atoms with Crippen molar-refractivity contribution in [2.45, 2.75) is 33.2 Å². The Hall–Kier alpha value is -1.13. The molecule has 0 unspecified atom stereocenters. The molecule has 2 heterocycles. The number of hydrogen-bond acceptors (Lipinski definition) is 4. The Morgan fingerprint density at radius 3 is 2.84 bits per heavy atom. The normalized spacial score (nSPS) is 16.5. The van der Waals surface area contributed by atoms with E-state index in [1.54, 1.807) is 0 Å². The molecule has 0 radical (unpaired) electrons. The number of aromatic nitrogens is 1. The summed E-state index contributed by atoms with van der Waals surface area (Å²) < 4.78 is 11.1. The van der Waals surface area contributed by atoms with Crippen LogP contribution in [-0.4, -0.2) is 31.3 Å². The molecule has 0 atom stereocenters. The van der Waals surface area contributed by atoms with E-state index in [9.17, 15) is 0 Å². The second kappa shape index (κ2) is 7.46. The Balaban J connectivity index is 1.84. The van der Waals surface area contributed by atoms with Crippen molar-refractivity contribution < 1.29 is 9.47 Å². The van der Waals surface area contributed by atoms with Gasteiger partial charge in [0.25, 0.3) is 0 Å². The molecular formula is C15H24N2O2. The van der Waals surface area contributed by atoms with Gasteiger partial charge in [-0.25, -0.2) is 4.98 Å². The van der Waals surface area contributed by atoms with E-state index in [1.165, 1.54) is 5.56 Å². The summed E-state index contributed by atoms with van der Waals surface area (Å²) in [4.78, 5) is 4.52. The second-order valence-corrected chi connectivity index (χ2v) is 5.04. The Labute approximate surface area is 115 Å². The zero-order valence-corrected chi connectivity index (χ0v) is 11.9. The minimum atomic E-state index is 0.609. The molecule has 19 heavy (non-hydrogen) atoms. The van der Waals surface area contributed by atoms with Crippen molar-refractivity contribution in [3.05, 3.63) is 23.4 Å². The Kier molecular flexibility index (Phi) is 5.61. The minimum absolute atomic E-state index is 0.609. The Morgan fingerprint density at radius 2 is 2.16 bits per heavy atom. The average Bonchev–Trinajstić information content (AvgIpc) is 2.45. The van der Waals surface area contributed by atoms with E-state index in [1.807, 2.05) is 13.0 Å². The van der Waals surface area contributed by atoms with Crippen molar-refractivity contribution in [3.63, 3.8) is 0 Å². The maximum Gasteiger partial charge on any atom is 0.213 e. The number of pyridine rings is 1. The first kappa shape index (κ1) is 14.3. The summed E-state index contributed by atoms with van der Waals surface area (Å²) in [6.07, 6.45) is 2.19. The highest BCUT2D eigenvalue weighted by atomic mass is 16.5. The molecule has 0 saturated carbocycles. The lowest BCUT2D eigenvalue weighted by atomic mass is 10.0. The predicted octanol–water partition coefficient (Wildman–Crippen LogP) is 2.30. The van der Waals surface area contributed by atoms with Gasteiger partial charge < -0.3 is 14.8 Å². The van der Waals surface area contributed by atoms with Crippen LogP contribution in [0.4, 0.5) is 0 Å². The van der Waals surface area contributed by atoms with Crippen molar-refractivity contribution in [3.8, 4) is 5.88 Å². The quantitative estimate of drug-likeness (QED) is 0.856. The molecule has 1 aromatic rings. The van der Waals surface area contributed by atoms with Crippen LogP contribution in [0.3, 0.4) is 0 Å². The number of nitrogens with one attached hydrogen (secondary N) is 1. The van der Waals surface area contributed by atoms with Gasteiger partial charge in [0.15, 0.2) is 0 Å². The SMILES string of the molecule is CCNCc1ccc(OCC2CCOCC2)nc1C. The largest absolute Gasteiger partial charge is 0.477 e. The van der Waals surface area contributed by atoms with E-state index < -0.39 is 0 Å². The van der Waals surface area contributed by atoms with Gasteiger partial charge in [0.05, 0.1) is 6.61 Å². The lowest BCUT2D eigenvalue weighted by Gasteiger charge is -2.21. The van der Waals surface area contributed by atoms with Crippen LogP contribution >= 0.6 is 0 Å². The van der Waals surface area contributed by atoms with Gasteiger partial charge in [-0.1, -0.05) is 13.0 Å². The molecule has 1 aromatic heterocycles. The standard InChI is InChI=1S/C15H24N2O2/c1-3-16-10-14-4-5-15(17-12(14)2)19-11-13-6-8-18-9-7-13/h4-5,13,16H,3,6-11H2,1-2H3. The van der Waals surface area contributed by atoms with Crippen LogP contribution in [0.2, 0.25) is 0 Å². The highest BCUT2D eigenvalue weighted by molar-refractivity contribution is 5.24. The minimum Gasteiger partial charge on any atom is -0.477 e. The molecule has 4 heteroatoms. The summed E-state index contributed by atoms with van der Waals surface area (Å²) >= 11 is 0. The third kappa shape index (κ3) is 4.48. The van der Waals surface area contributed by atoms with Gasteiger partial charge >= 0.3 is 0 Å². The first-order chi connectivity index (χ1) is 9.29. The third-order valence-electron chi connectivity index (χ3n) is 3.54.